The maximum absolute atomic E-state index is 5.72. The van der Waals surface area contributed by atoms with Crippen LogP contribution in [0.4, 0.5) is 0 Å². The van der Waals surface area contributed by atoms with E-state index in [-0.39, 0.29) is 10.8 Å². The van der Waals surface area contributed by atoms with E-state index in [9.17, 15) is 0 Å². The SMILES string of the molecule is C=C(C(C)(C)C)P(=N[Si](C)(C)C)(NN=C(C)C(C)(C)C)N([Si](C)(C)C)[Si](C)(C)C. The molecule has 8 heteroatoms. The number of allylic oxidation sites excluding steroid dienone is 1. The highest BCUT2D eigenvalue weighted by atomic mass is 31.2. The van der Waals surface area contributed by atoms with Gasteiger partial charge in [-0.2, -0.15) is 5.10 Å². The topological polar surface area (TPSA) is 40.0 Å². The summed E-state index contributed by atoms with van der Waals surface area (Å²) >= 11 is 0. The first-order valence-electron chi connectivity index (χ1n) is 10.8. The van der Waals surface area contributed by atoms with Gasteiger partial charge in [0.2, 0.25) is 0 Å². The van der Waals surface area contributed by atoms with Crippen molar-refractivity contribution in [2.45, 2.75) is 107 Å². The van der Waals surface area contributed by atoms with Crippen molar-refractivity contribution in [3.63, 3.8) is 0 Å². The van der Waals surface area contributed by atoms with Crippen LogP contribution in [-0.2, 0) is 0 Å². The first-order valence-corrected chi connectivity index (χ1v) is 22.9. The second-order valence-corrected chi connectivity index (χ2v) is 31.5. The molecule has 0 aliphatic rings. The Morgan fingerprint density at radius 3 is 1.41 bits per heavy atom. The minimum absolute atomic E-state index is 0.0219. The Kier molecular flexibility index (Phi) is 8.91. The van der Waals surface area contributed by atoms with E-state index in [0.29, 0.717) is 0 Å². The van der Waals surface area contributed by atoms with Crippen LogP contribution in [0.15, 0.2) is 21.4 Å². The minimum Gasteiger partial charge on any atom is -0.304 e. The van der Waals surface area contributed by atoms with Crippen molar-refractivity contribution < 1.29 is 0 Å². The third-order valence-corrected chi connectivity index (χ3v) is 22.5. The molecule has 0 aromatic carbocycles. The molecule has 0 heterocycles. The van der Waals surface area contributed by atoms with Gasteiger partial charge in [-0.15, -0.1) is 0 Å². The fourth-order valence-electron chi connectivity index (χ4n) is 3.44. The number of hydrazone groups is 1. The van der Waals surface area contributed by atoms with Crippen molar-refractivity contribution in [2.24, 2.45) is 20.3 Å². The predicted molar refractivity (Wildman–Crippen MR) is 146 cm³/mol. The van der Waals surface area contributed by atoms with Crippen LogP contribution in [0.2, 0.25) is 58.9 Å². The summed E-state index contributed by atoms with van der Waals surface area (Å²) in [5.41, 5.74) is 1.08. The molecular formula is C21H51N4PSi3. The van der Waals surface area contributed by atoms with Gasteiger partial charge >= 0.3 is 0 Å². The number of hydrogen-bond acceptors (Lipinski definition) is 2. The van der Waals surface area contributed by atoms with E-state index in [1.807, 2.05) is 0 Å². The predicted octanol–water partition coefficient (Wildman–Crippen LogP) is 8.40. The van der Waals surface area contributed by atoms with Crippen LogP contribution in [0.25, 0.3) is 0 Å². The van der Waals surface area contributed by atoms with E-state index in [4.69, 9.17) is 16.1 Å². The first-order chi connectivity index (χ1) is 12.4. The lowest BCUT2D eigenvalue weighted by molar-refractivity contribution is 0.527. The van der Waals surface area contributed by atoms with Crippen LogP contribution in [-0.4, -0.2) is 34.4 Å². The molecule has 1 N–H and O–H groups in total. The van der Waals surface area contributed by atoms with Gasteiger partial charge in [0, 0.05) is 16.4 Å². The van der Waals surface area contributed by atoms with Crippen molar-refractivity contribution in [1.82, 2.24) is 9.20 Å². The highest BCUT2D eigenvalue weighted by molar-refractivity contribution is 7.71. The molecule has 1 atom stereocenters. The Morgan fingerprint density at radius 2 is 1.17 bits per heavy atom. The van der Waals surface area contributed by atoms with Gasteiger partial charge < -0.3 is 4.41 Å². The fourth-order valence-corrected chi connectivity index (χ4v) is 26.4. The van der Waals surface area contributed by atoms with Gasteiger partial charge in [0.15, 0.2) is 8.24 Å². The molecule has 1 unspecified atom stereocenters. The molecule has 0 aromatic heterocycles. The average molecular weight is 475 g/mol. The summed E-state index contributed by atoms with van der Waals surface area (Å²) in [5.74, 6) is 0. The third kappa shape index (κ3) is 8.24. The van der Waals surface area contributed by atoms with Gasteiger partial charge in [-0.1, -0.05) is 87.4 Å². The largest absolute Gasteiger partial charge is 0.304 e. The molecule has 0 saturated heterocycles. The fraction of sp³-hybridized carbons (Fsp3) is 0.857. The molecule has 0 radical (unpaired) electrons. The summed E-state index contributed by atoms with van der Waals surface area (Å²) in [6.07, 6.45) is 0. The Hall–Kier alpha value is 0.0506. The number of nitrogens with one attached hydrogen (secondary N) is 1. The molecule has 0 spiro atoms. The quantitative estimate of drug-likeness (QED) is 0.174. The van der Waals surface area contributed by atoms with E-state index in [1.165, 1.54) is 5.31 Å². The van der Waals surface area contributed by atoms with Crippen LogP contribution in [0.3, 0.4) is 0 Å². The van der Waals surface area contributed by atoms with E-state index in [1.54, 1.807) is 0 Å². The highest BCUT2D eigenvalue weighted by Crippen LogP contribution is 2.65. The van der Waals surface area contributed by atoms with Crippen molar-refractivity contribution >= 4 is 37.8 Å². The Morgan fingerprint density at radius 1 is 0.793 bits per heavy atom. The zero-order valence-electron chi connectivity index (χ0n) is 22.5. The summed E-state index contributed by atoms with van der Waals surface area (Å²) in [7, 11) is -7.56. The third-order valence-electron chi connectivity index (χ3n) is 4.69. The zero-order valence-corrected chi connectivity index (χ0v) is 26.4. The Labute approximate surface area is 186 Å². The minimum atomic E-state index is -2.30. The lowest BCUT2D eigenvalue weighted by Crippen LogP contribution is -2.59. The van der Waals surface area contributed by atoms with Crippen LogP contribution >= 0.6 is 7.36 Å². The van der Waals surface area contributed by atoms with Crippen molar-refractivity contribution in [3.8, 4) is 0 Å². The normalized spacial score (nSPS) is 17.2. The van der Waals surface area contributed by atoms with Crippen LogP contribution in [0.1, 0.15) is 48.5 Å². The lowest BCUT2D eigenvalue weighted by atomic mass is 9.91. The summed E-state index contributed by atoms with van der Waals surface area (Å²) in [4.78, 5) is 0. The molecule has 0 rings (SSSR count). The summed E-state index contributed by atoms with van der Waals surface area (Å²) in [6, 6.07) is 0. The van der Waals surface area contributed by atoms with Gasteiger partial charge in [-0.25, -0.2) is 0 Å². The molecule has 0 aliphatic carbocycles. The van der Waals surface area contributed by atoms with Crippen molar-refractivity contribution in [3.05, 3.63) is 11.9 Å². The smallest absolute Gasteiger partial charge is 0.174 e. The number of nitrogens with zero attached hydrogens (tertiary/aromatic N) is 3. The second-order valence-electron chi connectivity index (χ2n) is 13.3. The van der Waals surface area contributed by atoms with Crippen molar-refractivity contribution in [2.75, 3.05) is 0 Å². The summed E-state index contributed by atoms with van der Waals surface area (Å²) in [6.45, 7) is 42.1. The Bertz CT molecular complexity index is 665. The maximum Gasteiger partial charge on any atom is 0.174 e. The van der Waals surface area contributed by atoms with Crippen LogP contribution in [0.5, 0.6) is 0 Å². The Balaban J connectivity index is 7.40. The van der Waals surface area contributed by atoms with E-state index < -0.39 is 32.1 Å². The maximum atomic E-state index is 5.72. The van der Waals surface area contributed by atoms with Crippen molar-refractivity contribution in [1.29, 1.82) is 0 Å². The van der Waals surface area contributed by atoms with Gasteiger partial charge in [0.25, 0.3) is 0 Å². The molecule has 0 bridgehead atoms. The zero-order chi connectivity index (χ0) is 23.9. The van der Waals surface area contributed by atoms with Crippen LogP contribution < -0.4 is 5.20 Å². The lowest BCUT2D eigenvalue weighted by Gasteiger charge is -2.54. The molecule has 0 aliphatic heterocycles. The van der Waals surface area contributed by atoms with E-state index in [2.05, 4.69) is 117 Å². The van der Waals surface area contributed by atoms with Gasteiger partial charge in [-0.05, 0) is 32.0 Å². The monoisotopic (exact) mass is 474 g/mol. The molecule has 172 valence electrons. The standard InChI is InChI=1S/C21H51N4PSi3/c1-18(20(3,4)5)22-23-26(24-27(9,10)11,19(2)21(6,7)8)25(28(12,13)14)29(15,16)17/h23H,2H2,1,3-17H3. The van der Waals surface area contributed by atoms with E-state index in [0.717, 1.165) is 5.71 Å². The molecule has 0 saturated carbocycles. The first kappa shape index (κ1) is 29.1. The number of hydrogen-bond donors (Lipinski definition) is 1. The molecule has 0 amide bonds. The molecule has 0 aromatic rings. The molecule has 29 heavy (non-hydrogen) atoms. The highest BCUT2D eigenvalue weighted by Gasteiger charge is 2.48. The average Bonchev–Trinajstić information content (AvgIpc) is 2.36. The molecule has 0 fully saturated rings. The number of rotatable bonds is 7. The van der Waals surface area contributed by atoms with Gasteiger partial charge in [0.05, 0.1) is 0 Å². The van der Waals surface area contributed by atoms with Crippen LogP contribution in [0, 0.1) is 10.8 Å². The molecular weight excluding hydrogens is 423 g/mol. The van der Waals surface area contributed by atoms with Gasteiger partial charge in [0.1, 0.15) is 23.8 Å². The van der Waals surface area contributed by atoms with E-state index >= 15 is 0 Å². The summed E-state index contributed by atoms with van der Waals surface area (Å²) < 4.78 is 8.58. The summed E-state index contributed by atoms with van der Waals surface area (Å²) in [5, 5.41) is 10.0. The molecule has 4 nitrogen and oxygen atoms in total. The second kappa shape index (κ2) is 8.89. The van der Waals surface area contributed by atoms with Gasteiger partial charge in [-0.3, -0.25) is 9.20 Å².